The van der Waals surface area contributed by atoms with E-state index in [1.54, 1.807) is 12.1 Å². The van der Waals surface area contributed by atoms with Crippen molar-refractivity contribution in [1.29, 1.82) is 0 Å². The molecule has 0 aromatic heterocycles. The van der Waals surface area contributed by atoms with Crippen molar-refractivity contribution in [3.05, 3.63) is 95.3 Å². The first-order valence-electron chi connectivity index (χ1n) is 8.32. The molecule has 5 heteroatoms. The molecule has 0 radical (unpaired) electrons. The van der Waals surface area contributed by atoms with Gasteiger partial charge in [0.2, 0.25) is 5.66 Å². The highest BCUT2D eigenvalue weighted by atomic mass is 19.1. The molecule has 2 aliphatic heterocycles. The summed E-state index contributed by atoms with van der Waals surface area (Å²) < 4.78 is 14.2. The van der Waals surface area contributed by atoms with E-state index in [1.807, 2.05) is 54.6 Å². The summed E-state index contributed by atoms with van der Waals surface area (Å²) in [6.45, 7) is 0. The smallest absolute Gasteiger partial charge is 0.277 e. The Morgan fingerprint density at radius 1 is 0.885 bits per heavy atom. The molecule has 3 aromatic rings. The molecule has 3 aromatic carbocycles. The number of carbonyl (C=O) groups is 1. The monoisotopic (exact) mass is 343 g/mol. The van der Waals surface area contributed by atoms with Crippen LogP contribution in [0.2, 0.25) is 0 Å². The third-order valence-corrected chi connectivity index (χ3v) is 4.80. The molecule has 2 aliphatic rings. The predicted molar refractivity (Wildman–Crippen MR) is 98.9 cm³/mol. The molecule has 0 bridgehead atoms. The number of benzene rings is 3. The van der Waals surface area contributed by atoms with E-state index in [2.05, 4.69) is 10.6 Å². The van der Waals surface area contributed by atoms with Crippen LogP contribution in [0, 0.1) is 5.82 Å². The van der Waals surface area contributed by atoms with Gasteiger partial charge in [0.1, 0.15) is 5.82 Å². The Bertz CT molecular complexity index is 1080. The minimum atomic E-state index is -1.38. The lowest BCUT2D eigenvalue weighted by molar-refractivity contribution is -0.119. The van der Waals surface area contributed by atoms with E-state index < -0.39 is 11.5 Å². The lowest BCUT2D eigenvalue weighted by atomic mass is 9.92. The normalized spacial score (nSPS) is 20.0. The maximum absolute atomic E-state index is 14.2. The van der Waals surface area contributed by atoms with Crippen LogP contribution in [0.4, 0.5) is 15.8 Å². The Morgan fingerprint density at radius 2 is 1.65 bits per heavy atom. The summed E-state index contributed by atoms with van der Waals surface area (Å²) in [4.78, 5) is 17.7. The average Bonchev–Trinajstić information content (AvgIpc) is 2.95. The Morgan fingerprint density at radius 3 is 2.50 bits per heavy atom. The maximum Gasteiger partial charge on any atom is 0.277 e. The van der Waals surface area contributed by atoms with E-state index in [9.17, 15) is 9.18 Å². The van der Waals surface area contributed by atoms with Gasteiger partial charge < -0.3 is 10.6 Å². The molecule has 1 unspecified atom stereocenters. The van der Waals surface area contributed by atoms with Gasteiger partial charge in [0, 0.05) is 22.4 Å². The van der Waals surface area contributed by atoms with E-state index in [0.29, 0.717) is 11.3 Å². The van der Waals surface area contributed by atoms with Crippen molar-refractivity contribution in [2.75, 3.05) is 10.6 Å². The minimum absolute atomic E-state index is 0.181. The SMILES string of the molecule is O=C1Nc2c(F)cccc2C12N=C(c1ccccc1)c1ccccc1N2. The number of amides is 1. The van der Waals surface area contributed by atoms with E-state index in [-0.39, 0.29) is 11.6 Å². The van der Waals surface area contributed by atoms with Crippen LogP contribution in [-0.4, -0.2) is 11.6 Å². The van der Waals surface area contributed by atoms with Crippen molar-refractivity contribution in [2.45, 2.75) is 5.66 Å². The number of hydrogen-bond donors (Lipinski definition) is 2. The van der Waals surface area contributed by atoms with Gasteiger partial charge >= 0.3 is 0 Å². The molecule has 4 nitrogen and oxygen atoms in total. The van der Waals surface area contributed by atoms with Gasteiger partial charge in [-0.25, -0.2) is 9.38 Å². The van der Waals surface area contributed by atoms with Crippen molar-refractivity contribution in [3.8, 4) is 0 Å². The number of nitrogens with one attached hydrogen (secondary N) is 2. The van der Waals surface area contributed by atoms with Gasteiger partial charge in [-0.2, -0.15) is 0 Å². The molecule has 126 valence electrons. The third kappa shape index (κ3) is 1.94. The Labute approximate surface area is 149 Å². The van der Waals surface area contributed by atoms with Crippen LogP contribution < -0.4 is 10.6 Å². The number of halogens is 1. The molecular weight excluding hydrogens is 329 g/mol. The van der Waals surface area contributed by atoms with E-state index in [4.69, 9.17) is 4.99 Å². The highest BCUT2D eigenvalue weighted by Gasteiger charge is 2.50. The first kappa shape index (κ1) is 14.8. The van der Waals surface area contributed by atoms with E-state index in [0.717, 1.165) is 16.8 Å². The lowest BCUT2D eigenvalue weighted by Crippen LogP contribution is -2.44. The van der Waals surface area contributed by atoms with E-state index >= 15 is 0 Å². The summed E-state index contributed by atoms with van der Waals surface area (Å²) in [6, 6.07) is 22.0. The number of carbonyl (C=O) groups excluding carboxylic acids is 1. The van der Waals surface area contributed by atoms with Crippen LogP contribution in [0.3, 0.4) is 0 Å². The summed E-state index contributed by atoms with van der Waals surface area (Å²) in [5.74, 6) is -0.856. The zero-order chi connectivity index (χ0) is 17.7. The average molecular weight is 343 g/mol. The second kappa shape index (κ2) is 5.26. The highest BCUT2D eigenvalue weighted by Crippen LogP contribution is 2.44. The van der Waals surface area contributed by atoms with Crippen molar-refractivity contribution in [2.24, 2.45) is 4.99 Å². The van der Waals surface area contributed by atoms with Crippen molar-refractivity contribution >= 4 is 23.0 Å². The zero-order valence-corrected chi connectivity index (χ0v) is 13.7. The van der Waals surface area contributed by atoms with Crippen molar-refractivity contribution in [1.82, 2.24) is 0 Å². The van der Waals surface area contributed by atoms with Gasteiger partial charge in [-0.05, 0) is 12.1 Å². The number of rotatable bonds is 1. The third-order valence-electron chi connectivity index (χ3n) is 4.80. The Kier molecular flexibility index (Phi) is 3.00. The van der Waals surface area contributed by atoms with Crippen LogP contribution >= 0.6 is 0 Å². The molecule has 1 atom stereocenters. The van der Waals surface area contributed by atoms with Crippen LogP contribution in [0.15, 0.2) is 77.8 Å². The van der Waals surface area contributed by atoms with Gasteiger partial charge in [0.15, 0.2) is 0 Å². The number of fused-ring (bicyclic) bond motifs is 3. The zero-order valence-electron chi connectivity index (χ0n) is 13.7. The quantitative estimate of drug-likeness (QED) is 0.704. The summed E-state index contributed by atoms with van der Waals surface area (Å²) in [7, 11) is 0. The number of aliphatic imine (C=N–C) groups is 1. The molecular formula is C21H14FN3O. The topological polar surface area (TPSA) is 53.5 Å². The summed E-state index contributed by atoms with van der Waals surface area (Å²) >= 11 is 0. The van der Waals surface area contributed by atoms with Crippen LogP contribution in [0.1, 0.15) is 16.7 Å². The van der Waals surface area contributed by atoms with Gasteiger partial charge in [-0.15, -0.1) is 0 Å². The van der Waals surface area contributed by atoms with Gasteiger partial charge in [0.25, 0.3) is 5.91 Å². The predicted octanol–water partition coefficient (Wildman–Crippen LogP) is 3.89. The lowest BCUT2D eigenvalue weighted by Gasteiger charge is -2.32. The fraction of sp³-hybridized carbons (Fsp3) is 0.0476. The molecule has 0 saturated carbocycles. The second-order valence-corrected chi connectivity index (χ2v) is 6.32. The number of para-hydroxylation sites is 2. The molecule has 2 N–H and O–H groups in total. The van der Waals surface area contributed by atoms with E-state index in [1.165, 1.54) is 6.07 Å². The fourth-order valence-electron chi connectivity index (χ4n) is 3.58. The summed E-state index contributed by atoms with van der Waals surface area (Å²) in [5.41, 5.74) is 2.59. The van der Waals surface area contributed by atoms with Crippen LogP contribution in [-0.2, 0) is 10.5 Å². The first-order chi connectivity index (χ1) is 12.7. The largest absolute Gasteiger partial charge is 0.349 e. The highest BCUT2D eigenvalue weighted by molar-refractivity contribution is 6.20. The number of anilines is 2. The van der Waals surface area contributed by atoms with Gasteiger partial charge in [-0.3, -0.25) is 4.79 Å². The maximum atomic E-state index is 14.2. The number of hydrogen-bond acceptors (Lipinski definition) is 3. The van der Waals surface area contributed by atoms with Crippen molar-refractivity contribution < 1.29 is 9.18 Å². The van der Waals surface area contributed by atoms with Gasteiger partial charge in [-0.1, -0.05) is 60.7 Å². The minimum Gasteiger partial charge on any atom is -0.349 e. The van der Waals surface area contributed by atoms with Crippen molar-refractivity contribution in [3.63, 3.8) is 0 Å². The molecule has 0 saturated heterocycles. The molecule has 1 amide bonds. The Balaban J connectivity index is 1.81. The van der Waals surface area contributed by atoms with Crippen LogP contribution in [0.25, 0.3) is 0 Å². The fourth-order valence-corrected chi connectivity index (χ4v) is 3.58. The molecule has 5 rings (SSSR count). The second-order valence-electron chi connectivity index (χ2n) is 6.32. The molecule has 2 heterocycles. The molecule has 0 fully saturated rings. The molecule has 0 aliphatic carbocycles. The summed E-state index contributed by atoms with van der Waals surface area (Å²) in [5, 5.41) is 5.88. The number of nitrogens with zero attached hydrogens (tertiary/aromatic N) is 1. The molecule has 26 heavy (non-hydrogen) atoms. The van der Waals surface area contributed by atoms with Crippen LogP contribution in [0.5, 0.6) is 0 Å². The first-order valence-corrected chi connectivity index (χ1v) is 8.32. The Hall–Kier alpha value is -3.47. The molecule has 1 spiro atoms. The summed E-state index contributed by atoms with van der Waals surface area (Å²) in [6.07, 6.45) is 0. The standard InChI is InChI=1S/C21H14FN3O/c22-16-11-6-10-15-19(16)23-20(26)21(15)24-17-12-5-4-9-14(17)18(25-21)13-7-2-1-3-8-13/h1-12,24H,(H,23,26). The van der Waals surface area contributed by atoms with Gasteiger partial charge in [0.05, 0.1) is 11.4 Å².